The number of nitrogens with zero attached hydrogens (tertiary/aromatic N) is 2. The summed E-state index contributed by atoms with van der Waals surface area (Å²) < 4.78 is 28.2. The summed E-state index contributed by atoms with van der Waals surface area (Å²) >= 11 is 0. The van der Waals surface area contributed by atoms with Crippen LogP contribution in [-0.4, -0.2) is 58.2 Å². The van der Waals surface area contributed by atoms with E-state index in [1.807, 2.05) is 51.1 Å². The maximum Gasteiger partial charge on any atom is 0.253 e. The van der Waals surface area contributed by atoms with Crippen LogP contribution in [-0.2, 0) is 17.8 Å². The van der Waals surface area contributed by atoms with Crippen LogP contribution in [0.5, 0.6) is 0 Å². The van der Waals surface area contributed by atoms with E-state index in [-0.39, 0.29) is 30.4 Å². The highest BCUT2D eigenvalue weighted by atomic mass is 19.1. The lowest BCUT2D eigenvalue weighted by Crippen LogP contribution is -2.37. The van der Waals surface area contributed by atoms with E-state index in [1.165, 1.54) is 12.1 Å². The number of halogens is 2. The number of hydrogen-bond acceptors (Lipinski definition) is 4. The Balaban J connectivity index is 1.58. The van der Waals surface area contributed by atoms with Gasteiger partial charge in [-0.15, -0.1) is 0 Å². The Bertz CT molecular complexity index is 1440. The molecule has 0 radical (unpaired) electrons. The predicted octanol–water partition coefficient (Wildman–Crippen LogP) is 6.38. The van der Waals surface area contributed by atoms with Crippen molar-refractivity contribution in [3.8, 4) is 0 Å². The quantitative estimate of drug-likeness (QED) is 0.217. The van der Waals surface area contributed by atoms with Crippen molar-refractivity contribution in [2.75, 3.05) is 19.6 Å². The van der Waals surface area contributed by atoms with Gasteiger partial charge in [-0.3, -0.25) is 14.4 Å². The van der Waals surface area contributed by atoms with Crippen LogP contribution in [0.3, 0.4) is 0 Å². The van der Waals surface area contributed by atoms with Gasteiger partial charge in [0.2, 0.25) is 5.91 Å². The first kappa shape index (κ1) is 33.0. The first-order valence-electron chi connectivity index (χ1n) is 15.5. The third-order valence-electron chi connectivity index (χ3n) is 8.24. The molecular formula is C36H42F2N2O4. The summed E-state index contributed by atoms with van der Waals surface area (Å²) in [6.45, 7) is 7.92. The van der Waals surface area contributed by atoms with E-state index in [0.717, 1.165) is 30.0 Å². The summed E-state index contributed by atoms with van der Waals surface area (Å²) in [6.07, 6.45) is 0.657. The molecule has 4 rings (SSSR count). The van der Waals surface area contributed by atoms with E-state index in [1.54, 1.807) is 28.0 Å². The molecule has 1 aliphatic rings. The van der Waals surface area contributed by atoms with Gasteiger partial charge in [-0.2, -0.15) is 0 Å². The van der Waals surface area contributed by atoms with Crippen LogP contribution in [0.2, 0.25) is 0 Å². The highest BCUT2D eigenvalue weighted by Gasteiger charge is 2.40. The van der Waals surface area contributed by atoms with Gasteiger partial charge in [0.05, 0.1) is 12.0 Å². The van der Waals surface area contributed by atoms with Gasteiger partial charge in [-0.05, 0) is 85.5 Å². The molecule has 0 aliphatic carbocycles. The summed E-state index contributed by atoms with van der Waals surface area (Å²) in [5.41, 5.74) is 2.76. The minimum atomic E-state index is -1.21. The Kier molecular flexibility index (Phi) is 11.4. The average molecular weight is 605 g/mol. The molecule has 234 valence electrons. The molecule has 6 nitrogen and oxygen atoms in total. The molecule has 1 fully saturated rings. The lowest BCUT2D eigenvalue weighted by atomic mass is 9.81. The summed E-state index contributed by atoms with van der Waals surface area (Å²) in [5, 5.41) is 11.6. The van der Waals surface area contributed by atoms with Gasteiger partial charge in [-0.1, -0.05) is 44.2 Å². The van der Waals surface area contributed by atoms with Gasteiger partial charge in [-0.25, -0.2) is 8.78 Å². The lowest BCUT2D eigenvalue weighted by Gasteiger charge is -2.27. The molecule has 8 heteroatoms. The van der Waals surface area contributed by atoms with Crippen molar-refractivity contribution in [3.05, 3.63) is 106 Å². The zero-order valence-electron chi connectivity index (χ0n) is 25.8. The Morgan fingerprint density at radius 1 is 0.932 bits per heavy atom. The lowest BCUT2D eigenvalue weighted by molar-refractivity contribution is -0.135. The topological polar surface area (TPSA) is 77.9 Å². The minimum absolute atomic E-state index is 0.00241. The number of hydrogen-bond donors (Lipinski definition) is 1. The number of benzene rings is 3. The summed E-state index contributed by atoms with van der Waals surface area (Å²) in [5.74, 6) is -3.71. The Labute approximate surface area is 258 Å². The number of rotatable bonds is 14. The van der Waals surface area contributed by atoms with Gasteiger partial charge in [0.15, 0.2) is 5.78 Å². The van der Waals surface area contributed by atoms with E-state index in [4.69, 9.17) is 0 Å². The highest BCUT2D eigenvalue weighted by Crippen LogP contribution is 2.31. The fraction of sp³-hybridized carbons (Fsp3) is 0.417. The zero-order chi connectivity index (χ0) is 31.8. The smallest absolute Gasteiger partial charge is 0.253 e. The second-order valence-corrected chi connectivity index (χ2v) is 11.9. The van der Waals surface area contributed by atoms with Gasteiger partial charge in [0.25, 0.3) is 5.91 Å². The third-order valence-corrected chi connectivity index (χ3v) is 8.24. The molecular weight excluding hydrogens is 562 g/mol. The van der Waals surface area contributed by atoms with Crippen LogP contribution in [0.25, 0.3) is 0 Å². The van der Waals surface area contributed by atoms with E-state index in [9.17, 15) is 28.3 Å². The molecule has 1 saturated heterocycles. The molecule has 1 N–H and O–H groups in total. The fourth-order valence-corrected chi connectivity index (χ4v) is 6.18. The molecule has 44 heavy (non-hydrogen) atoms. The van der Waals surface area contributed by atoms with Gasteiger partial charge in [0.1, 0.15) is 11.6 Å². The number of likely N-dealkylation sites (tertiary alicyclic amines) is 1. The van der Waals surface area contributed by atoms with E-state index < -0.39 is 29.6 Å². The monoisotopic (exact) mass is 604 g/mol. The summed E-state index contributed by atoms with van der Waals surface area (Å²) in [4.78, 5) is 44.0. The summed E-state index contributed by atoms with van der Waals surface area (Å²) in [6, 6.07) is 17.8. The van der Waals surface area contributed by atoms with Crippen LogP contribution < -0.4 is 0 Å². The number of ketones is 1. The number of aliphatic hydroxyl groups is 1. The second-order valence-electron chi connectivity index (χ2n) is 11.9. The van der Waals surface area contributed by atoms with Crippen LogP contribution in [0.4, 0.5) is 8.78 Å². The Morgan fingerprint density at radius 2 is 1.57 bits per heavy atom. The molecule has 3 aromatic carbocycles. The predicted molar refractivity (Wildman–Crippen MR) is 166 cm³/mol. The van der Waals surface area contributed by atoms with Crippen LogP contribution in [0.15, 0.2) is 66.7 Å². The molecule has 1 heterocycles. The maximum atomic E-state index is 14.1. The fourth-order valence-electron chi connectivity index (χ4n) is 6.18. The average Bonchev–Trinajstić information content (AvgIpc) is 3.34. The molecule has 1 unspecified atom stereocenters. The number of carbonyl (C=O) groups is 3. The van der Waals surface area contributed by atoms with E-state index in [0.29, 0.717) is 49.3 Å². The standard InChI is InChI=1S/C36H42F2N2O4/c1-4-12-39(13-5-2)35(43)29-16-24(3)15-27(20-29)33(41)21-28(17-26-18-30(37)22-31(38)19-26)34(42)32-11-14-40(36(32)44)23-25-9-7-6-8-10-25/h6-10,15-16,18-20,22,28,32,34,42H,4-5,11-14,17,21,23H2,1-3H3/t28-,32?,34+/m1/s1. The maximum absolute atomic E-state index is 14.1. The van der Waals surface area contributed by atoms with E-state index >= 15 is 0 Å². The second kappa shape index (κ2) is 15.2. The largest absolute Gasteiger partial charge is 0.392 e. The normalized spacial score (nSPS) is 16.2. The summed E-state index contributed by atoms with van der Waals surface area (Å²) in [7, 11) is 0. The Morgan fingerprint density at radius 3 is 2.20 bits per heavy atom. The van der Waals surface area contributed by atoms with Crippen molar-refractivity contribution in [2.45, 2.75) is 65.5 Å². The number of amides is 2. The Hall–Kier alpha value is -3.91. The van der Waals surface area contributed by atoms with E-state index in [2.05, 4.69) is 0 Å². The van der Waals surface area contributed by atoms with Crippen LogP contribution in [0.1, 0.15) is 76.9 Å². The SMILES string of the molecule is CCCN(CCC)C(=O)c1cc(C)cc(C(=O)C[C@@H](Cc2cc(F)cc(F)c2)[C@H](O)C2CCN(Cc3ccccc3)C2=O)c1. The molecule has 1 aliphatic heterocycles. The van der Waals surface area contributed by atoms with Crippen LogP contribution in [0, 0.1) is 30.4 Å². The van der Waals surface area contributed by atoms with Gasteiger partial charge >= 0.3 is 0 Å². The van der Waals surface area contributed by atoms with Crippen molar-refractivity contribution >= 4 is 17.6 Å². The van der Waals surface area contributed by atoms with Crippen molar-refractivity contribution in [3.63, 3.8) is 0 Å². The molecule has 0 spiro atoms. The van der Waals surface area contributed by atoms with Crippen LogP contribution >= 0.6 is 0 Å². The number of aryl methyl sites for hydroxylation is 1. The molecule has 0 aromatic heterocycles. The first-order valence-corrected chi connectivity index (χ1v) is 15.5. The van der Waals surface area contributed by atoms with Gasteiger partial charge in [0, 0.05) is 49.8 Å². The third kappa shape index (κ3) is 8.38. The number of aliphatic hydroxyl groups excluding tert-OH is 1. The highest BCUT2D eigenvalue weighted by molar-refractivity contribution is 6.01. The van der Waals surface area contributed by atoms with Gasteiger partial charge < -0.3 is 14.9 Å². The minimum Gasteiger partial charge on any atom is -0.392 e. The molecule has 3 atom stereocenters. The number of carbonyl (C=O) groups excluding carboxylic acids is 3. The first-order chi connectivity index (χ1) is 21.1. The van der Waals surface area contributed by atoms with Crippen molar-refractivity contribution in [1.82, 2.24) is 9.80 Å². The number of Topliss-reactive ketones (excluding diaryl/α,β-unsaturated/α-hetero) is 1. The van der Waals surface area contributed by atoms with Crippen molar-refractivity contribution in [1.29, 1.82) is 0 Å². The zero-order valence-corrected chi connectivity index (χ0v) is 25.8. The molecule has 0 saturated carbocycles. The molecule has 3 aromatic rings. The van der Waals surface area contributed by atoms with Crippen molar-refractivity contribution in [2.24, 2.45) is 11.8 Å². The van der Waals surface area contributed by atoms with Crippen molar-refractivity contribution < 1.29 is 28.3 Å². The molecule has 2 amide bonds. The molecule has 0 bridgehead atoms.